The van der Waals surface area contributed by atoms with Crippen LogP contribution in [0.25, 0.3) is 76.9 Å². The summed E-state index contributed by atoms with van der Waals surface area (Å²) in [5, 5.41) is 7.19. The van der Waals surface area contributed by atoms with Crippen LogP contribution < -0.4 is 0 Å². The maximum absolute atomic E-state index is 6.48. The van der Waals surface area contributed by atoms with E-state index in [2.05, 4.69) is 137 Å². The molecular weight excluding hydrogens is 476 g/mol. The third-order valence-corrected chi connectivity index (χ3v) is 8.11. The summed E-state index contributed by atoms with van der Waals surface area (Å²) in [7, 11) is 0. The molecule has 0 fully saturated rings. The molecule has 0 bridgehead atoms. The smallest absolute Gasteiger partial charge is 0.145 e. The summed E-state index contributed by atoms with van der Waals surface area (Å²) in [6.45, 7) is 0. The molecule has 3 heteroatoms. The van der Waals surface area contributed by atoms with E-state index in [0.29, 0.717) is 0 Å². The first kappa shape index (κ1) is 20.7. The SMILES string of the molecule is c1cc(-n2c3ccccc3c3ccccc32)cc(-n2c3ccccc3c3c4oc5ccccc5c4ccc32)c1. The van der Waals surface area contributed by atoms with Crippen molar-refractivity contribution < 1.29 is 4.42 Å². The molecule has 9 rings (SSSR count). The molecule has 0 aliphatic rings. The largest absolute Gasteiger partial charge is 0.455 e. The molecule has 0 saturated carbocycles. The van der Waals surface area contributed by atoms with Crippen LogP contribution >= 0.6 is 0 Å². The second-order valence-electron chi connectivity index (χ2n) is 10.2. The zero-order valence-corrected chi connectivity index (χ0v) is 21.0. The second-order valence-corrected chi connectivity index (χ2v) is 10.2. The quantitative estimate of drug-likeness (QED) is 0.233. The topological polar surface area (TPSA) is 23.0 Å². The predicted molar refractivity (Wildman–Crippen MR) is 162 cm³/mol. The highest BCUT2D eigenvalue weighted by atomic mass is 16.3. The Kier molecular flexibility index (Phi) is 4.05. The zero-order chi connectivity index (χ0) is 25.5. The molecule has 0 unspecified atom stereocenters. The highest BCUT2D eigenvalue weighted by Gasteiger charge is 2.19. The molecule has 39 heavy (non-hydrogen) atoms. The Labute approximate surface area is 223 Å². The van der Waals surface area contributed by atoms with Crippen molar-refractivity contribution in [2.45, 2.75) is 0 Å². The molecule has 3 nitrogen and oxygen atoms in total. The van der Waals surface area contributed by atoms with Gasteiger partial charge in [-0.1, -0.05) is 78.9 Å². The number of furan rings is 1. The molecular formula is C36H22N2O. The van der Waals surface area contributed by atoms with Gasteiger partial charge in [0.05, 0.1) is 27.5 Å². The summed E-state index contributed by atoms with van der Waals surface area (Å²) in [4.78, 5) is 0. The van der Waals surface area contributed by atoms with Gasteiger partial charge < -0.3 is 13.6 Å². The minimum absolute atomic E-state index is 0.921. The average Bonchev–Trinajstić information content (AvgIpc) is 3.65. The first-order valence-electron chi connectivity index (χ1n) is 13.3. The maximum Gasteiger partial charge on any atom is 0.145 e. The number of fused-ring (bicyclic) bond motifs is 10. The highest BCUT2D eigenvalue weighted by Crippen LogP contribution is 2.41. The van der Waals surface area contributed by atoms with Gasteiger partial charge in [0.25, 0.3) is 0 Å². The number of nitrogens with zero attached hydrogens (tertiary/aromatic N) is 2. The van der Waals surface area contributed by atoms with E-state index in [1.54, 1.807) is 0 Å². The van der Waals surface area contributed by atoms with E-state index in [0.717, 1.165) is 44.2 Å². The monoisotopic (exact) mass is 498 g/mol. The summed E-state index contributed by atoms with van der Waals surface area (Å²) >= 11 is 0. The number of aromatic nitrogens is 2. The van der Waals surface area contributed by atoms with Crippen molar-refractivity contribution in [3.8, 4) is 11.4 Å². The number of benzene rings is 6. The van der Waals surface area contributed by atoms with Crippen LogP contribution in [0.15, 0.2) is 138 Å². The summed E-state index contributed by atoms with van der Waals surface area (Å²) in [6.07, 6.45) is 0. The first-order chi connectivity index (χ1) is 19.4. The van der Waals surface area contributed by atoms with Crippen molar-refractivity contribution in [2.24, 2.45) is 0 Å². The first-order valence-corrected chi connectivity index (χ1v) is 13.3. The van der Waals surface area contributed by atoms with Crippen LogP contribution in [0.4, 0.5) is 0 Å². The fourth-order valence-electron chi connectivity index (χ4n) is 6.48. The highest BCUT2D eigenvalue weighted by molar-refractivity contribution is 6.23. The Morgan fingerprint density at radius 1 is 0.385 bits per heavy atom. The van der Waals surface area contributed by atoms with E-state index in [1.165, 1.54) is 32.7 Å². The molecule has 9 aromatic rings. The minimum atomic E-state index is 0.921. The van der Waals surface area contributed by atoms with E-state index in [1.807, 2.05) is 6.07 Å². The van der Waals surface area contributed by atoms with Crippen LogP contribution in [-0.4, -0.2) is 9.13 Å². The summed E-state index contributed by atoms with van der Waals surface area (Å²) in [5.41, 5.74) is 8.86. The lowest BCUT2D eigenvalue weighted by atomic mass is 10.1. The lowest BCUT2D eigenvalue weighted by molar-refractivity contribution is 0.673. The van der Waals surface area contributed by atoms with Crippen molar-refractivity contribution in [1.29, 1.82) is 0 Å². The Bertz CT molecular complexity index is 2350. The van der Waals surface area contributed by atoms with Crippen LogP contribution in [0, 0.1) is 0 Å². The Hall–Kier alpha value is -5.28. The van der Waals surface area contributed by atoms with Crippen LogP contribution in [-0.2, 0) is 0 Å². The van der Waals surface area contributed by atoms with Crippen molar-refractivity contribution in [2.75, 3.05) is 0 Å². The van der Waals surface area contributed by atoms with E-state index >= 15 is 0 Å². The van der Waals surface area contributed by atoms with Crippen molar-refractivity contribution in [3.05, 3.63) is 133 Å². The Morgan fingerprint density at radius 3 is 1.62 bits per heavy atom. The molecule has 0 aliphatic carbocycles. The van der Waals surface area contributed by atoms with Gasteiger partial charge >= 0.3 is 0 Å². The molecule has 0 radical (unpaired) electrons. The van der Waals surface area contributed by atoms with Crippen LogP contribution in [0.1, 0.15) is 0 Å². The van der Waals surface area contributed by atoms with Crippen LogP contribution in [0.2, 0.25) is 0 Å². The van der Waals surface area contributed by atoms with Gasteiger partial charge in [0.15, 0.2) is 0 Å². The van der Waals surface area contributed by atoms with Gasteiger partial charge in [0.2, 0.25) is 0 Å². The van der Waals surface area contributed by atoms with Crippen LogP contribution in [0.3, 0.4) is 0 Å². The second kappa shape index (κ2) is 7.62. The van der Waals surface area contributed by atoms with Crippen molar-refractivity contribution in [3.63, 3.8) is 0 Å². The lowest BCUT2D eigenvalue weighted by Gasteiger charge is -2.12. The van der Waals surface area contributed by atoms with Gasteiger partial charge in [-0.25, -0.2) is 0 Å². The predicted octanol–water partition coefficient (Wildman–Crippen LogP) is 9.78. The molecule has 0 atom stereocenters. The van der Waals surface area contributed by atoms with E-state index in [4.69, 9.17) is 4.42 Å². The minimum Gasteiger partial charge on any atom is -0.455 e. The summed E-state index contributed by atoms with van der Waals surface area (Å²) in [6, 6.07) is 47.6. The molecule has 0 aliphatic heterocycles. The molecule has 0 N–H and O–H groups in total. The third-order valence-electron chi connectivity index (χ3n) is 8.11. The van der Waals surface area contributed by atoms with E-state index < -0.39 is 0 Å². The lowest BCUT2D eigenvalue weighted by Crippen LogP contribution is -1.98. The van der Waals surface area contributed by atoms with Crippen LogP contribution in [0.5, 0.6) is 0 Å². The van der Waals surface area contributed by atoms with Gasteiger partial charge in [0.1, 0.15) is 11.2 Å². The van der Waals surface area contributed by atoms with E-state index in [-0.39, 0.29) is 0 Å². The maximum atomic E-state index is 6.48. The standard InChI is InChI=1S/C36H22N2O/c1-5-16-30-25(12-1)26-13-2-6-17-31(26)37(30)23-10-9-11-24(22-23)38-32-18-7-3-15-29(32)35-33(38)21-20-28-27-14-4-8-19-34(27)39-36(28)35/h1-22H. The van der Waals surface area contributed by atoms with Gasteiger partial charge in [-0.2, -0.15) is 0 Å². The Balaban J connectivity index is 1.37. The molecule has 0 saturated heterocycles. The number of para-hydroxylation sites is 4. The Morgan fingerprint density at radius 2 is 0.923 bits per heavy atom. The van der Waals surface area contributed by atoms with Gasteiger partial charge in [0, 0.05) is 38.3 Å². The number of rotatable bonds is 2. The summed E-state index contributed by atoms with van der Waals surface area (Å²) < 4.78 is 11.2. The molecule has 3 heterocycles. The van der Waals surface area contributed by atoms with Crippen molar-refractivity contribution >= 4 is 65.6 Å². The van der Waals surface area contributed by atoms with Crippen molar-refractivity contribution in [1.82, 2.24) is 9.13 Å². The summed E-state index contributed by atoms with van der Waals surface area (Å²) in [5.74, 6) is 0. The normalized spacial score (nSPS) is 12.1. The molecule has 3 aromatic heterocycles. The fraction of sp³-hybridized carbons (Fsp3) is 0. The van der Waals surface area contributed by atoms with Gasteiger partial charge in [-0.15, -0.1) is 0 Å². The van der Waals surface area contributed by atoms with Gasteiger partial charge in [-0.3, -0.25) is 0 Å². The number of hydrogen-bond acceptors (Lipinski definition) is 1. The average molecular weight is 499 g/mol. The molecule has 6 aromatic carbocycles. The van der Waals surface area contributed by atoms with Gasteiger partial charge in [-0.05, 0) is 54.6 Å². The zero-order valence-electron chi connectivity index (χ0n) is 21.0. The molecule has 0 amide bonds. The fourth-order valence-corrected chi connectivity index (χ4v) is 6.48. The molecule has 0 spiro atoms. The number of hydrogen-bond donors (Lipinski definition) is 0. The molecule has 182 valence electrons. The third kappa shape index (κ3) is 2.76. The van der Waals surface area contributed by atoms with E-state index in [9.17, 15) is 0 Å².